The van der Waals surface area contributed by atoms with Gasteiger partial charge >= 0.3 is 0 Å². The second-order valence-corrected chi connectivity index (χ2v) is 8.40. The number of alkyl halides is 1. The predicted octanol–water partition coefficient (Wildman–Crippen LogP) is 4.67. The first-order valence-corrected chi connectivity index (χ1v) is 8.47. The highest BCUT2D eigenvalue weighted by Crippen LogP contribution is 2.46. The summed E-state index contributed by atoms with van der Waals surface area (Å²) in [6, 6.07) is 0. The van der Waals surface area contributed by atoms with E-state index in [1.54, 1.807) is 0 Å². The van der Waals surface area contributed by atoms with Gasteiger partial charge in [-0.3, -0.25) is 9.59 Å². The number of rotatable bonds is 6. The van der Waals surface area contributed by atoms with Gasteiger partial charge in [-0.15, -0.1) is 0 Å². The van der Waals surface area contributed by atoms with Crippen molar-refractivity contribution < 1.29 is 14.0 Å². The van der Waals surface area contributed by atoms with Crippen molar-refractivity contribution in [2.24, 2.45) is 23.2 Å². The van der Waals surface area contributed by atoms with Crippen LogP contribution in [0.4, 0.5) is 4.39 Å². The highest BCUT2D eigenvalue weighted by Gasteiger charge is 2.52. The van der Waals surface area contributed by atoms with Crippen LogP contribution in [-0.2, 0) is 9.59 Å². The Bertz CT molecular complexity index is 482. The van der Waals surface area contributed by atoms with E-state index in [0.29, 0.717) is 12.8 Å². The second kappa shape index (κ2) is 5.90. The van der Waals surface area contributed by atoms with E-state index in [1.165, 1.54) is 0 Å². The molecule has 0 spiro atoms. The maximum Gasteiger partial charge on any atom is 0.170 e. The van der Waals surface area contributed by atoms with Gasteiger partial charge in [-0.2, -0.15) is 0 Å². The van der Waals surface area contributed by atoms with Crippen LogP contribution < -0.4 is 0 Å². The Hall–Kier alpha value is -0.990. The lowest BCUT2D eigenvalue weighted by molar-refractivity contribution is -0.137. The van der Waals surface area contributed by atoms with Crippen LogP contribution >= 0.6 is 0 Å². The Kier molecular flexibility index (Phi) is 4.66. The molecule has 0 amide bonds. The SMILES string of the molecule is C=C(C)C1CCCC1C(=O)C(CC(=O)C1(F)CC1)C(C)(C)C. The van der Waals surface area contributed by atoms with Crippen LogP contribution in [0, 0.1) is 23.2 Å². The van der Waals surface area contributed by atoms with Gasteiger partial charge in [0.1, 0.15) is 5.78 Å². The summed E-state index contributed by atoms with van der Waals surface area (Å²) in [5, 5.41) is 0. The minimum absolute atomic E-state index is 0.0377. The molecule has 124 valence electrons. The molecule has 2 fully saturated rings. The van der Waals surface area contributed by atoms with Crippen LogP contribution in [0.3, 0.4) is 0 Å². The zero-order valence-electron chi connectivity index (χ0n) is 14.4. The Labute approximate surface area is 133 Å². The summed E-state index contributed by atoms with van der Waals surface area (Å²) in [6.45, 7) is 11.9. The maximum atomic E-state index is 14.0. The third kappa shape index (κ3) is 3.49. The highest BCUT2D eigenvalue weighted by molar-refractivity contribution is 5.95. The van der Waals surface area contributed by atoms with E-state index in [2.05, 4.69) is 6.58 Å². The standard InChI is InChI=1S/C19H29FO2/c1-12(2)13-7-6-8-14(13)17(22)15(18(3,4)5)11-16(21)19(20)9-10-19/h13-15H,1,6-11H2,2-5H3. The first-order valence-electron chi connectivity index (χ1n) is 8.47. The summed E-state index contributed by atoms with van der Waals surface area (Å²) >= 11 is 0. The van der Waals surface area contributed by atoms with Gasteiger partial charge < -0.3 is 0 Å². The van der Waals surface area contributed by atoms with E-state index in [4.69, 9.17) is 0 Å². The van der Waals surface area contributed by atoms with Gasteiger partial charge in [-0.05, 0) is 43.9 Å². The summed E-state index contributed by atoms with van der Waals surface area (Å²) in [4.78, 5) is 25.2. The lowest BCUT2D eigenvalue weighted by Crippen LogP contribution is -2.38. The van der Waals surface area contributed by atoms with E-state index in [9.17, 15) is 14.0 Å². The minimum Gasteiger partial charge on any atom is -0.299 e. The molecule has 0 heterocycles. The Morgan fingerprint density at radius 1 is 1.23 bits per heavy atom. The molecule has 2 aliphatic carbocycles. The van der Waals surface area contributed by atoms with E-state index in [1.807, 2.05) is 27.7 Å². The molecule has 2 rings (SSSR count). The molecule has 0 aliphatic heterocycles. The summed E-state index contributed by atoms with van der Waals surface area (Å²) < 4.78 is 14.0. The van der Waals surface area contributed by atoms with Crippen LogP contribution in [0.5, 0.6) is 0 Å². The zero-order chi connectivity index (χ0) is 16.7. The van der Waals surface area contributed by atoms with Crippen LogP contribution in [-0.4, -0.2) is 17.2 Å². The number of ketones is 2. The van der Waals surface area contributed by atoms with Gasteiger partial charge in [0.25, 0.3) is 0 Å². The van der Waals surface area contributed by atoms with Crippen molar-refractivity contribution in [3.8, 4) is 0 Å². The Balaban J connectivity index is 2.16. The molecule has 0 saturated heterocycles. The van der Waals surface area contributed by atoms with Crippen molar-refractivity contribution in [3.05, 3.63) is 12.2 Å². The van der Waals surface area contributed by atoms with E-state index in [0.717, 1.165) is 24.8 Å². The molecule has 2 saturated carbocycles. The lowest BCUT2D eigenvalue weighted by Gasteiger charge is -2.33. The van der Waals surface area contributed by atoms with Crippen molar-refractivity contribution in [1.29, 1.82) is 0 Å². The molecule has 3 heteroatoms. The second-order valence-electron chi connectivity index (χ2n) is 8.40. The van der Waals surface area contributed by atoms with E-state index < -0.39 is 11.6 Å². The number of hydrogen-bond acceptors (Lipinski definition) is 2. The van der Waals surface area contributed by atoms with Crippen molar-refractivity contribution >= 4 is 11.6 Å². The van der Waals surface area contributed by atoms with Crippen LogP contribution in [0.15, 0.2) is 12.2 Å². The fourth-order valence-corrected chi connectivity index (χ4v) is 3.74. The molecule has 0 aromatic rings. The molecule has 3 atom stereocenters. The topological polar surface area (TPSA) is 34.1 Å². The molecule has 0 aromatic carbocycles. The average Bonchev–Trinajstić information content (AvgIpc) is 2.97. The Morgan fingerprint density at radius 3 is 2.23 bits per heavy atom. The zero-order valence-corrected chi connectivity index (χ0v) is 14.4. The number of carbonyl (C=O) groups excluding carboxylic acids is 2. The minimum atomic E-state index is -1.63. The summed E-state index contributed by atoms with van der Waals surface area (Å²) in [5.41, 5.74) is -0.896. The molecular weight excluding hydrogens is 279 g/mol. The number of Topliss-reactive ketones (excluding diaryl/α,β-unsaturated/α-hetero) is 2. The smallest absolute Gasteiger partial charge is 0.170 e. The van der Waals surface area contributed by atoms with Gasteiger partial charge in [0.2, 0.25) is 0 Å². The quantitative estimate of drug-likeness (QED) is 0.668. The Morgan fingerprint density at radius 2 is 1.77 bits per heavy atom. The van der Waals surface area contributed by atoms with Gasteiger partial charge in [0.15, 0.2) is 11.5 Å². The van der Waals surface area contributed by atoms with E-state index >= 15 is 0 Å². The number of hydrogen-bond donors (Lipinski definition) is 0. The van der Waals surface area contributed by atoms with E-state index in [-0.39, 0.29) is 35.2 Å². The molecule has 2 aliphatic rings. The van der Waals surface area contributed by atoms with Gasteiger partial charge in [-0.25, -0.2) is 4.39 Å². The van der Waals surface area contributed by atoms with Crippen LogP contribution in [0.25, 0.3) is 0 Å². The maximum absolute atomic E-state index is 14.0. The van der Waals surface area contributed by atoms with Crippen LogP contribution in [0.2, 0.25) is 0 Å². The molecule has 22 heavy (non-hydrogen) atoms. The highest BCUT2D eigenvalue weighted by atomic mass is 19.1. The first-order chi connectivity index (χ1) is 10.1. The first kappa shape index (κ1) is 17.4. The van der Waals surface area contributed by atoms with Crippen molar-refractivity contribution in [1.82, 2.24) is 0 Å². The number of carbonyl (C=O) groups is 2. The third-order valence-electron chi connectivity index (χ3n) is 5.48. The fourth-order valence-electron chi connectivity index (χ4n) is 3.74. The molecular formula is C19H29FO2. The lowest BCUT2D eigenvalue weighted by atomic mass is 9.69. The summed E-state index contributed by atoms with van der Waals surface area (Å²) in [5.74, 6) is -0.420. The van der Waals surface area contributed by atoms with Gasteiger partial charge in [0.05, 0.1) is 0 Å². The largest absolute Gasteiger partial charge is 0.299 e. The predicted molar refractivity (Wildman–Crippen MR) is 86.3 cm³/mol. The molecule has 0 aromatic heterocycles. The third-order valence-corrected chi connectivity index (χ3v) is 5.48. The van der Waals surface area contributed by atoms with Gasteiger partial charge in [0, 0.05) is 18.3 Å². The molecule has 2 nitrogen and oxygen atoms in total. The normalized spacial score (nSPS) is 28.2. The van der Waals surface area contributed by atoms with Crippen molar-refractivity contribution in [3.63, 3.8) is 0 Å². The molecule has 0 N–H and O–H groups in total. The average molecular weight is 308 g/mol. The van der Waals surface area contributed by atoms with Crippen molar-refractivity contribution in [2.75, 3.05) is 0 Å². The van der Waals surface area contributed by atoms with Crippen LogP contribution in [0.1, 0.15) is 66.2 Å². The molecule has 0 radical (unpaired) electrons. The molecule has 3 unspecified atom stereocenters. The monoisotopic (exact) mass is 308 g/mol. The summed E-state index contributed by atoms with van der Waals surface area (Å²) in [7, 11) is 0. The van der Waals surface area contributed by atoms with Gasteiger partial charge in [-0.1, -0.05) is 39.3 Å². The fraction of sp³-hybridized carbons (Fsp3) is 0.789. The number of halogens is 1. The number of allylic oxidation sites excluding steroid dienone is 1. The summed E-state index contributed by atoms with van der Waals surface area (Å²) in [6.07, 6.45) is 3.62. The molecule has 0 bridgehead atoms. The van der Waals surface area contributed by atoms with Crippen molar-refractivity contribution in [2.45, 2.75) is 71.9 Å².